The van der Waals surface area contributed by atoms with Gasteiger partial charge in [-0.15, -0.1) is 0 Å². The van der Waals surface area contributed by atoms with Gasteiger partial charge in [-0.1, -0.05) is 6.92 Å². The van der Waals surface area contributed by atoms with E-state index < -0.39 is 0 Å². The van der Waals surface area contributed by atoms with E-state index in [1.807, 2.05) is 16.9 Å². The number of carbonyl (C=O) groups is 1. The molecule has 5 nitrogen and oxygen atoms in total. The lowest BCUT2D eigenvalue weighted by Gasteiger charge is -2.12. The second kappa shape index (κ2) is 6.04. The number of aromatic nitrogens is 2. The van der Waals surface area contributed by atoms with Crippen LogP contribution in [0.5, 0.6) is 0 Å². The first-order valence-corrected chi connectivity index (χ1v) is 6.26. The minimum absolute atomic E-state index is 0.0766. The summed E-state index contributed by atoms with van der Waals surface area (Å²) in [4.78, 5) is 11.9. The van der Waals surface area contributed by atoms with Crippen LogP contribution in [-0.4, -0.2) is 22.2 Å². The lowest BCUT2D eigenvalue weighted by molar-refractivity contribution is 0.0946. The Kier molecular flexibility index (Phi) is 4.18. The van der Waals surface area contributed by atoms with Crippen molar-refractivity contribution in [3.63, 3.8) is 0 Å². The monoisotopic (exact) mass is 258 g/mol. The summed E-state index contributed by atoms with van der Waals surface area (Å²) in [7, 11) is 0. The molecule has 0 aliphatic heterocycles. The SMILES string of the molecule is CC(CNC(=O)c1ccc(N)cc1)Cn1cccn1. The van der Waals surface area contributed by atoms with Gasteiger partial charge in [0, 0.05) is 36.7 Å². The standard InChI is InChI=1S/C14H18N4O/c1-11(10-18-8-2-7-17-18)9-16-14(19)12-3-5-13(15)6-4-12/h2-8,11H,9-10,15H2,1H3,(H,16,19). The molecule has 0 fully saturated rings. The van der Waals surface area contributed by atoms with Crippen molar-refractivity contribution in [2.24, 2.45) is 5.92 Å². The van der Waals surface area contributed by atoms with Crippen molar-refractivity contribution < 1.29 is 4.79 Å². The zero-order chi connectivity index (χ0) is 13.7. The highest BCUT2D eigenvalue weighted by Crippen LogP contribution is 2.05. The summed E-state index contributed by atoms with van der Waals surface area (Å²) in [6.45, 7) is 3.48. The van der Waals surface area contributed by atoms with Gasteiger partial charge in [-0.25, -0.2) is 0 Å². The van der Waals surface area contributed by atoms with E-state index in [1.165, 1.54) is 0 Å². The van der Waals surface area contributed by atoms with E-state index >= 15 is 0 Å². The van der Waals surface area contributed by atoms with Gasteiger partial charge in [0.25, 0.3) is 5.91 Å². The number of benzene rings is 1. The predicted octanol–water partition coefficient (Wildman–Crippen LogP) is 1.53. The molecule has 1 unspecified atom stereocenters. The maximum absolute atomic E-state index is 11.9. The molecule has 19 heavy (non-hydrogen) atoms. The number of rotatable bonds is 5. The molecule has 0 aliphatic rings. The van der Waals surface area contributed by atoms with Gasteiger partial charge in [0.05, 0.1) is 0 Å². The molecule has 100 valence electrons. The number of amides is 1. The highest BCUT2D eigenvalue weighted by atomic mass is 16.1. The number of hydrogen-bond acceptors (Lipinski definition) is 3. The first-order chi connectivity index (χ1) is 9.15. The van der Waals surface area contributed by atoms with Gasteiger partial charge >= 0.3 is 0 Å². The second-order valence-corrected chi connectivity index (χ2v) is 4.67. The average molecular weight is 258 g/mol. The summed E-state index contributed by atoms with van der Waals surface area (Å²) in [6.07, 6.45) is 3.66. The molecule has 0 saturated heterocycles. The van der Waals surface area contributed by atoms with Crippen molar-refractivity contribution in [2.75, 3.05) is 12.3 Å². The van der Waals surface area contributed by atoms with E-state index in [9.17, 15) is 4.79 Å². The van der Waals surface area contributed by atoms with Crippen LogP contribution in [0.25, 0.3) is 0 Å². The van der Waals surface area contributed by atoms with Crippen molar-refractivity contribution in [2.45, 2.75) is 13.5 Å². The molecule has 1 amide bonds. The van der Waals surface area contributed by atoms with Crippen LogP contribution < -0.4 is 11.1 Å². The van der Waals surface area contributed by atoms with E-state index in [0.717, 1.165) is 6.54 Å². The summed E-state index contributed by atoms with van der Waals surface area (Å²) in [5.74, 6) is 0.241. The number of anilines is 1. The molecule has 1 aromatic carbocycles. The van der Waals surface area contributed by atoms with E-state index in [1.54, 1.807) is 30.5 Å². The average Bonchev–Trinajstić information content (AvgIpc) is 2.89. The smallest absolute Gasteiger partial charge is 0.251 e. The summed E-state index contributed by atoms with van der Waals surface area (Å²) < 4.78 is 1.86. The predicted molar refractivity (Wildman–Crippen MR) is 74.6 cm³/mol. The molecule has 3 N–H and O–H groups in total. The summed E-state index contributed by atoms with van der Waals surface area (Å²) >= 11 is 0. The van der Waals surface area contributed by atoms with Crippen LogP contribution in [0, 0.1) is 5.92 Å². The third-order valence-electron chi connectivity index (χ3n) is 2.84. The van der Waals surface area contributed by atoms with Gasteiger partial charge in [-0.2, -0.15) is 5.10 Å². The van der Waals surface area contributed by atoms with Crippen LogP contribution >= 0.6 is 0 Å². The minimum Gasteiger partial charge on any atom is -0.399 e. The second-order valence-electron chi connectivity index (χ2n) is 4.67. The Morgan fingerprint density at radius 2 is 2.16 bits per heavy atom. The van der Waals surface area contributed by atoms with Gasteiger partial charge in [-0.3, -0.25) is 9.48 Å². The van der Waals surface area contributed by atoms with Crippen LogP contribution in [0.15, 0.2) is 42.7 Å². The Morgan fingerprint density at radius 1 is 1.42 bits per heavy atom. The van der Waals surface area contributed by atoms with E-state index in [2.05, 4.69) is 17.3 Å². The van der Waals surface area contributed by atoms with E-state index in [0.29, 0.717) is 23.7 Å². The normalized spacial score (nSPS) is 12.1. The van der Waals surface area contributed by atoms with Gasteiger partial charge in [0.1, 0.15) is 0 Å². The fraction of sp³-hybridized carbons (Fsp3) is 0.286. The first-order valence-electron chi connectivity index (χ1n) is 6.26. The van der Waals surface area contributed by atoms with E-state index in [4.69, 9.17) is 5.73 Å². The molecule has 1 atom stereocenters. The Hall–Kier alpha value is -2.30. The molecule has 0 spiro atoms. The zero-order valence-electron chi connectivity index (χ0n) is 10.9. The molecule has 2 aromatic rings. The number of nitrogen functional groups attached to an aromatic ring is 1. The topological polar surface area (TPSA) is 72.9 Å². The van der Waals surface area contributed by atoms with Crippen molar-refractivity contribution in [1.29, 1.82) is 0 Å². The number of nitrogens with two attached hydrogens (primary N) is 1. The fourth-order valence-corrected chi connectivity index (χ4v) is 1.80. The number of carbonyl (C=O) groups excluding carboxylic acids is 1. The van der Waals surface area contributed by atoms with Gasteiger partial charge < -0.3 is 11.1 Å². The maximum atomic E-state index is 11.9. The van der Waals surface area contributed by atoms with Gasteiger partial charge in [0.2, 0.25) is 0 Å². The van der Waals surface area contributed by atoms with Gasteiger partial charge in [0.15, 0.2) is 0 Å². The Labute approximate surface area is 112 Å². The molecule has 5 heteroatoms. The molecule has 2 rings (SSSR count). The van der Waals surface area contributed by atoms with Crippen molar-refractivity contribution in [1.82, 2.24) is 15.1 Å². The number of hydrogen-bond donors (Lipinski definition) is 2. The van der Waals surface area contributed by atoms with Crippen LogP contribution in [0.4, 0.5) is 5.69 Å². The maximum Gasteiger partial charge on any atom is 0.251 e. The van der Waals surface area contributed by atoms with Crippen LogP contribution in [0.3, 0.4) is 0 Å². The number of nitrogens with one attached hydrogen (secondary N) is 1. The Morgan fingerprint density at radius 3 is 2.79 bits per heavy atom. The first kappa shape index (κ1) is 13.1. The molecule has 0 bridgehead atoms. The fourth-order valence-electron chi connectivity index (χ4n) is 1.80. The molecular formula is C14H18N4O. The minimum atomic E-state index is -0.0766. The van der Waals surface area contributed by atoms with Crippen molar-refractivity contribution in [3.8, 4) is 0 Å². The summed E-state index contributed by atoms with van der Waals surface area (Å²) in [6, 6.07) is 8.79. The Bertz CT molecular complexity index is 519. The summed E-state index contributed by atoms with van der Waals surface area (Å²) in [5, 5.41) is 7.05. The third kappa shape index (κ3) is 3.84. The van der Waals surface area contributed by atoms with Crippen LogP contribution in [0.2, 0.25) is 0 Å². The quantitative estimate of drug-likeness (QED) is 0.799. The Balaban J connectivity index is 1.81. The van der Waals surface area contributed by atoms with Crippen molar-refractivity contribution >= 4 is 11.6 Å². The zero-order valence-corrected chi connectivity index (χ0v) is 10.9. The van der Waals surface area contributed by atoms with Crippen LogP contribution in [-0.2, 0) is 6.54 Å². The lowest BCUT2D eigenvalue weighted by atomic mass is 10.1. The van der Waals surface area contributed by atoms with Gasteiger partial charge in [-0.05, 0) is 36.2 Å². The van der Waals surface area contributed by atoms with Crippen LogP contribution in [0.1, 0.15) is 17.3 Å². The highest BCUT2D eigenvalue weighted by Gasteiger charge is 2.08. The lowest BCUT2D eigenvalue weighted by Crippen LogP contribution is -2.30. The molecule has 0 aliphatic carbocycles. The summed E-state index contributed by atoms with van der Waals surface area (Å²) in [5.41, 5.74) is 6.86. The third-order valence-corrected chi connectivity index (χ3v) is 2.84. The number of nitrogens with zero attached hydrogens (tertiary/aromatic N) is 2. The molecule has 1 heterocycles. The molecule has 1 aromatic heterocycles. The highest BCUT2D eigenvalue weighted by molar-refractivity contribution is 5.94. The largest absolute Gasteiger partial charge is 0.399 e. The molecular weight excluding hydrogens is 240 g/mol. The molecule has 0 radical (unpaired) electrons. The van der Waals surface area contributed by atoms with Crippen molar-refractivity contribution in [3.05, 3.63) is 48.3 Å². The van der Waals surface area contributed by atoms with E-state index in [-0.39, 0.29) is 5.91 Å². The molecule has 0 saturated carbocycles.